The van der Waals surface area contributed by atoms with Gasteiger partial charge in [0.1, 0.15) is 0 Å². The predicted molar refractivity (Wildman–Crippen MR) is 382 cm³/mol. The number of carbonyl (C=O) groups is 18. The molecule has 0 unspecified atom stereocenters. The second kappa shape index (κ2) is 63.7. The fourth-order valence-corrected chi connectivity index (χ4v) is 8.46. The molecule has 4 aromatic rings. The van der Waals surface area contributed by atoms with Crippen molar-refractivity contribution in [2.45, 2.75) is 173 Å². The Kier molecular flexibility index (Phi) is 62.1. The minimum Gasteiger partial charge on any atom is -0.481 e. The van der Waals surface area contributed by atoms with Crippen molar-refractivity contribution < 1.29 is 178 Å². The zero-order valence-electron chi connectivity index (χ0n) is 57.9. The van der Waals surface area contributed by atoms with E-state index in [1.165, 1.54) is 66.7 Å². The number of unbranched alkanes of at least 4 members (excludes halogenated alkanes) is 13. The van der Waals surface area contributed by atoms with Crippen LogP contribution >= 0.6 is 46.4 Å². The standard InChI is InChI=1S/C10H18O4.C9H16O4.C8H2Cl4O4.3C8H6O4.C8H14O4.C6H10O4.C4H6O4/c11-9(12)7-5-3-1-2-4-6-8-10(13)14;10-8(11)6-4-2-1-3-5-7-9(12)13;9-3-1(7(13)14)2(8(15)16)4(10)6(12)5(3)11;9-7(10)5-1-2-6(4-3-5)8(11)12;9-7(10)5-2-1-3-6(4-5)8(11)12;9-7(10)5-3-1-2-4-6(5)8(11)12;9-7(10)5-3-1-2-4-6-8(11)12;7-5(8)3-1-2-4-6(9)10;5-3(6)1-2-4(7)8/h1-8H2,(H,11,12)(H,13,14);1-7H2,(H,10,11)(H,12,13);(H,13,14)(H,15,16);3*1-4H,(H,9,10)(H,11,12);1-6H2,(H,9,10)(H,11,12);1-4H2,(H,7,8)(H,9,10);1-2H2,(H,5,6)(H,7,8). The van der Waals surface area contributed by atoms with Crippen molar-refractivity contribution in [1.29, 1.82) is 0 Å². The summed E-state index contributed by atoms with van der Waals surface area (Å²) in [5, 5.41) is 149. The van der Waals surface area contributed by atoms with Crippen molar-refractivity contribution in [3.05, 3.63) is 137 Å². The summed E-state index contributed by atoms with van der Waals surface area (Å²) in [4.78, 5) is 184. The molecule has 36 nitrogen and oxygen atoms in total. The first-order valence-corrected chi connectivity index (χ1v) is 33.5. The highest BCUT2D eigenvalue weighted by Gasteiger charge is 2.28. The van der Waals surface area contributed by atoms with Crippen molar-refractivity contribution in [3.8, 4) is 0 Å². The molecule has 0 heterocycles. The largest absolute Gasteiger partial charge is 0.481 e. The highest BCUT2D eigenvalue weighted by Crippen LogP contribution is 2.41. The van der Waals surface area contributed by atoms with Crippen LogP contribution in [0.1, 0.15) is 256 Å². The van der Waals surface area contributed by atoms with E-state index in [-0.39, 0.29) is 108 Å². The van der Waals surface area contributed by atoms with Gasteiger partial charge in [-0.1, -0.05) is 122 Å². The average molecular weight is 1630 g/mol. The highest BCUT2D eigenvalue weighted by molar-refractivity contribution is 6.54. The van der Waals surface area contributed by atoms with Crippen LogP contribution in [0.3, 0.4) is 0 Å². The summed E-state index contributed by atoms with van der Waals surface area (Å²) in [5.74, 6) is -18.4. The number of rotatable bonds is 40. The van der Waals surface area contributed by atoms with Crippen LogP contribution in [-0.2, 0) is 47.9 Å². The number of carboxylic acid groups (broad SMARTS) is 18. The number of hydrogen-bond donors (Lipinski definition) is 18. The average Bonchev–Trinajstić information content (AvgIpc) is 0.777. The second-order valence-corrected chi connectivity index (χ2v) is 23.1. The third-order valence-corrected chi connectivity index (χ3v) is 14.5. The smallest absolute Gasteiger partial charge is 0.338 e. The first-order valence-electron chi connectivity index (χ1n) is 32.0. The Labute approximate surface area is 639 Å². The van der Waals surface area contributed by atoms with Gasteiger partial charge in [0, 0.05) is 51.4 Å². The second-order valence-electron chi connectivity index (χ2n) is 21.6. The molecule has 0 saturated carbocycles. The van der Waals surface area contributed by atoms with Crippen LogP contribution in [0.5, 0.6) is 0 Å². The van der Waals surface area contributed by atoms with Crippen LogP contribution in [-0.4, -0.2) is 199 Å². The lowest BCUT2D eigenvalue weighted by Crippen LogP contribution is -2.10. The van der Waals surface area contributed by atoms with Crippen LogP contribution in [0.4, 0.5) is 0 Å². The van der Waals surface area contributed by atoms with E-state index in [0.29, 0.717) is 38.5 Å². The molecule has 109 heavy (non-hydrogen) atoms. The fourth-order valence-electron chi connectivity index (χ4n) is 7.44. The van der Waals surface area contributed by atoms with Crippen molar-refractivity contribution in [1.82, 2.24) is 0 Å². The van der Waals surface area contributed by atoms with Crippen LogP contribution < -0.4 is 0 Å². The molecule has 0 aliphatic rings. The Hall–Kier alpha value is -11.5. The van der Waals surface area contributed by atoms with E-state index in [4.69, 9.17) is 138 Å². The molecule has 0 aliphatic heterocycles. The van der Waals surface area contributed by atoms with Gasteiger partial charge in [-0.05, 0) is 106 Å². The van der Waals surface area contributed by atoms with E-state index in [2.05, 4.69) is 0 Å². The Morgan fingerprint density at radius 2 is 0.376 bits per heavy atom. The normalized spacial score (nSPS) is 9.58. The summed E-state index contributed by atoms with van der Waals surface area (Å²) < 4.78 is 0. The molecule has 0 amide bonds. The van der Waals surface area contributed by atoms with Crippen molar-refractivity contribution in [2.24, 2.45) is 0 Å². The molecule has 0 fully saturated rings. The predicted octanol–water partition coefficient (Wildman–Crippen LogP) is 13.3. The molecule has 0 spiro atoms. The number of aromatic carboxylic acids is 8. The maximum Gasteiger partial charge on any atom is 0.338 e. The molecule has 0 bridgehead atoms. The monoisotopic (exact) mass is 1630 g/mol. The van der Waals surface area contributed by atoms with Gasteiger partial charge in [-0.2, -0.15) is 0 Å². The molecule has 0 radical (unpaired) electrons. The lowest BCUT2D eigenvalue weighted by atomic mass is 10.1. The van der Waals surface area contributed by atoms with Gasteiger partial charge in [-0.15, -0.1) is 0 Å². The van der Waals surface area contributed by atoms with Crippen molar-refractivity contribution >= 4 is 154 Å². The molecule has 4 rings (SSSR count). The van der Waals surface area contributed by atoms with Crippen LogP contribution in [0, 0.1) is 0 Å². The summed E-state index contributed by atoms with van der Waals surface area (Å²) in [7, 11) is 0. The summed E-state index contributed by atoms with van der Waals surface area (Å²) in [6.45, 7) is 0. The molecule has 0 saturated heterocycles. The molecule has 18 N–H and O–H groups in total. The maximum absolute atomic E-state index is 10.9. The third-order valence-electron chi connectivity index (χ3n) is 12.7. The van der Waals surface area contributed by atoms with Gasteiger partial charge in [-0.25, -0.2) is 38.4 Å². The molecule has 604 valence electrons. The number of carboxylic acids is 18. The molecule has 4 aromatic carbocycles. The minimum atomic E-state index is -1.55. The molecule has 0 atom stereocenters. The van der Waals surface area contributed by atoms with Gasteiger partial charge in [0.25, 0.3) is 0 Å². The highest BCUT2D eigenvalue weighted by atomic mass is 35.5. The van der Waals surface area contributed by atoms with Crippen molar-refractivity contribution in [2.75, 3.05) is 0 Å². The van der Waals surface area contributed by atoms with Gasteiger partial charge in [0.15, 0.2) is 0 Å². The summed E-state index contributed by atoms with van der Waals surface area (Å²) in [6, 6.07) is 15.7. The Morgan fingerprint density at radius 1 is 0.193 bits per heavy atom. The fraction of sp³-hybridized carbons (Fsp3) is 0.391. The van der Waals surface area contributed by atoms with E-state index in [0.717, 1.165) is 76.7 Å². The summed E-state index contributed by atoms with van der Waals surface area (Å²) >= 11 is 22.4. The lowest BCUT2D eigenvalue weighted by molar-refractivity contribution is -0.143. The Bertz CT molecular complexity index is 3420. The Morgan fingerprint density at radius 3 is 0.541 bits per heavy atom. The molecular formula is C69H84Cl4O36. The van der Waals surface area contributed by atoms with E-state index in [1.54, 1.807) is 0 Å². The molecule has 0 aromatic heterocycles. The lowest BCUT2D eigenvalue weighted by Gasteiger charge is -2.10. The Balaban J connectivity index is -0.000000374. The number of aliphatic carboxylic acids is 10. The van der Waals surface area contributed by atoms with Gasteiger partial charge < -0.3 is 91.9 Å². The van der Waals surface area contributed by atoms with Crippen LogP contribution in [0.15, 0.2) is 72.8 Å². The number of benzene rings is 4. The molecular weight excluding hydrogens is 1550 g/mol. The maximum atomic E-state index is 10.9. The zero-order valence-corrected chi connectivity index (χ0v) is 61.0. The van der Waals surface area contributed by atoms with Gasteiger partial charge in [0.05, 0.1) is 77.4 Å². The van der Waals surface area contributed by atoms with Crippen LogP contribution in [0.2, 0.25) is 20.1 Å². The van der Waals surface area contributed by atoms with Crippen molar-refractivity contribution in [3.63, 3.8) is 0 Å². The van der Waals surface area contributed by atoms with E-state index in [9.17, 15) is 86.3 Å². The minimum absolute atomic E-state index is 0.0186. The summed E-state index contributed by atoms with van der Waals surface area (Å²) in [6.07, 6.45) is 14.1. The van der Waals surface area contributed by atoms with Crippen LogP contribution in [0.25, 0.3) is 0 Å². The van der Waals surface area contributed by atoms with E-state index >= 15 is 0 Å². The van der Waals surface area contributed by atoms with E-state index in [1.807, 2.05) is 0 Å². The molecule has 40 heteroatoms. The summed E-state index contributed by atoms with van der Waals surface area (Å²) in [5.41, 5.74) is -1.62. The SMILES string of the molecule is O=C(O)CCC(=O)O.O=C(O)CCCCC(=O)O.O=C(O)CCCCCCC(=O)O.O=C(O)CCCCCCCC(=O)O.O=C(O)CCCCCCCCC(=O)O.O=C(O)c1c(Cl)c(Cl)c(Cl)c(Cl)c1C(=O)O.O=C(O)c1ccc(C(=O)O)cc1.O=C(O)c1cccc(C(=O)O)c1.O=C(O)c1ccccc1C(=O)O. The van der Waals surface area contributed by atoms with Gasteiger partial charge in [0.2, 0.25) is 0 Å². The van der Waals surface area contributed by atoms with Gasteiger partial charge >= 0.3 is 107 Å². The molecule has 0 aliphatic carbocycles. The zero-order chi connectivity index (χ0) is 84.9. The van der Waals surface area contributed by atoms with Gasteiger partial charge in [-0.3, -0.25) is 47.9 Å². The number of halogens is 4. The number of hydrogen-bond acceptors (Lipinski definition) is 18. The quantitative estimate of drug-likeness (QED) is 0.0112. The van der Waals surface area contributed by atoms with E-state index < -0.39 is 129 Å². The first-order chi connectivity index (χ1) is 50.8. The third kappa shape index (κ3) is 62.4. The topological polar surface area (TPSA) is 671 Å². The first kappa shape index (κ1) is 106.